The van der Waals surface area contributed by atoms with E-state index in [1.54, 1.807) is 0 Å². The van der Waals surface area contributed by atoms with Crippen LogP contribution in [0.1, 0.15) is 10.9 Å². The SMILES string of the molecule is Cl.N[C@@H](c1ccc(Br)s1)C(F)(F)C(F)(F)F. The second-order valence-electron chi connectivity index (χ2n) is 2.74. The number of rotatable bonds is 2. The molecule has 1 heterocycles. The van der Waals surface area contributed by atoms with E-state index in [4.69, 9.17) is 5.73 Å². The molecule has 0 aliphatic carbocycles. The predicted molar refractivity (Wildman–Crippen MR) is 57.2 cm³/mol. The van der Waals surface area contributed by atoms with E-state index in [2.05, 4.69) is 15.9 Å². The minimum atomic E-state index is -5.64. The van der Waals surface area contributed by atoms with Crippen molar-refractivity contribution in [2.75, 3.05) is 0 Å². The summed E-state index contributed by atoms with van der Waals surface area (Å²) < 4.78 is 61.8. The van der Waals surface area contributed by atoms with Gasteiger partial charge in [-0.05, 0) is 28.1 Å². The number of nitrogens with two attached hydrogens (primary N) is 1. The van der Waals surface area contributed by atoms with Crippen molar-refractivity contribution in [3.8, 4) is 0 Å². The van der Waals surface area contributed by atoms with E-state index in [1.165, 1.54) is 6.07 Å². The van der Waals surface area contributed by atoms with E-state index in [1.807, 2.05) is 0 Å². The molecule has 2 N–H and O–H groups in total. The fraction of sp³-hybridized carbons (Fsp3) is 0.429. The lowest BCUT2D eigenvalue weighted by Crippen LogP contribution is -2.45. The van der Waals surface area contributed by atoms with E-state index >= 15 is 0 Å². The molecule has 0 spiro atoms. The van der Waals surface area contributed by atoms with Gasteiger partial charge in [0.15, 0.2) is 0 Å². The fourth-order valence-corrected chi connectivity index (χ4v) is 2.32. The highest BCUT2D eigenvalue weighted by atomic mass is 79.9. The Morgan fingerprint density at radius 2 is 1.69 bits per heavy atom. The quantitative estimate of drug-likeness (QED) is 0.801. The van der Waals surface area contributed by atoms with Crippen LogP contribution < -0.4 is 5.73 Å². The molecule has 0 aliphatic rings. The normalized spacial score (nSPS) is 14.4. The Balaban J connectivity index is 0.00000225. The van der Waals surface area contributed by atoms with Gasteiger partial charge in [0.2, 0.25) is 0 Å². The molecule has 0 fully saturated rings. The van der Waals surface area contributed by atoms with E-state index in [-0.39, 0.29) is 17.3 Å². The highest BCUT2D eigenvalue weighted by Gasteiger charge is 2.62. The molecule has 0 bridgehead atoms. The summed E-state index contributed by atoms with van der Waals surface area (Å²) in [6.07, 6.45) is -5.64. The van der Waals surface area contributed by atoms with Crippen LogP contribution in [0.5, 0.6) is 0 Å². The Hall–Kier alpha value is 0.0800. The first-order chi connectivity index (χ1) is 6.66. The summed E-state index contributed by atoms with van der Waals surface area (Å²) in [5, 5.41) is 0. The van der Waals surface area contributed by atoms with Gasteiger partial charge >= 0.3 is 12.1 Å². The van der Waals surface area contributed by atoms with Crippen LogP contribution in [0, 0.1) is 0 Å². The van der Waals surface area contributed by atoms with Gasteiger partial charge in [0.25, 0.3) is 0 Å². The third kappa shape index (κ3) is 3.06. The van der Waals surface area contributed by atoms with Crippen molar-refractivity contribution in [1.82, 2.24) is 0 Å². The van der Waals surface area contributed by atoms with Crippen LogP contribution in [-0.4, -0.2) is 12.1 Å². The van der Waals surface area contributed by atoms with E-state index in [0.29, 0.717) is 3.79 Å². The molecule has 0 aliphatic heterocycles. The molecule has 1 aromatic heterocycles. The maximum atomic E-state index is 12.8. The monoisotopic (exact) mass is 345 g/mol. The maximum Gasteiger partial charge on any atom is 0.455 e. The molecular weight excluding hydrogens is 340 g/mol. The summed E-state index contributed by atoms with van der Waals surface area (Å²) in [6, 6.07) is 0.138. The van der Waals surface area contributed by atoms with Crippen LogP contribution in [0.3, 0.4) is 0 Å². The van der Waals surface area contributed by atoms with Crippen molar-refractivity contribution < 1.29 is 22.0 Å². The smallest absolute Gasteiger partial charge is 0.318 e. The van der Waals surface area contributed by atoms with Gasteiger partial charge in [0.05, 0.1) is 3.79 Å². The lowest BCUT2D eigenvalue weighted by Gasteiger charge is -2.24. The van der Waals surface area contributed by atoms with Crippen molar-refractivity contribution in [1.29, 1.82) is 0 Å². The van der Waals surface area contributed by atoms with Gasteiger partial charge in [0, 0.05) is 4.88 Å². The van der Waals surface area contributed by atoms with Crippen molar-refractivity contribution in [2.45, 2.75) is 18.1 Å². The third-order valence-corrected chi connectivity index (χ3v) is 3.38. The topological polar surface area (TPSA) is 26.0 Å². The molecule has 1 nitrogen and oxygen atoms in total. The van der Waals surface area contributed by atoms with Gasteiger partial charge < -0.3 is 5.73 Å². The first kappa shape index (κ1) is 16.1. The molecule has 94 valence electrons. The molecule has 1 aromatic rings. The molecule has 0 aromatic carbocycles. The highest BCUT2D eigenvalue weighted by molar-refractivity contribution is 9.11. The summed E-state index contributed by atoms with van der Waals surface area (Å²) in [5.74, 6) is -4.92. The van der Waals surface area contributed by atoms with Gasteiger partial charge in [-0.25, -0.2) is 0 Å². The second kappa shape index (κ2) is 5.16. The summed E-state index contributed by atoms with van der Waals surface area (Å²) in [7, 11) is 0. The van der Waals surface area contributed by atoms with Gasteiger partial charge in [-0.3, -0.25) is 0 Å². The highest BCUT2D eigenvalue weighted by Crippen LogP contribution is 2.45. The van der Waals surface area contributed by atoms with Crippen molar-refractivity contribution >= 4 is 39.7 Å². The van der Waals surface area contributed by atoms with Gasteiger partial charge in [-0.15, -0.1) is 23.7 Å². The molecule has 1 rings (SSSR count). The molecule has 0 amide bonds. The summed E-state index contributed by atoms with van der Waals surface area (Å²) in [5.41, 5.74) is 4.89. The van der Waals surface area contributed by atoms with Crippen molar-refractivity contribution in [3.63, 3.8) is 0 Å². The van der Waals surface area contributed by atoms with E-state index in [9.17, 15) is 22.0 Å². The lowest BCUT2D eigenvalue weighted by atomic mass is 10.1. The van der Waals surface area contributed by atoms with E-state index in [0.717, 1.165) is 17.4 Å². The van der Waals surface area contributed by atoms with Gasteiger partial charge in [-0.1, -0.05) is 0 Å². The van der Waals surface area contributed by atoms with E-state index < -0.39 is 18.1 Å². The fourth-order valence-electron chi connectivity index (χ4n) is 0.850. The predicted octanol–water partition coefficient (Wildman–Crippen LogP) is 4.13. The Bertz CT molecular complexity index is 353. The average molecular weight is 347 g/mol. The minimum absolute atomic E-state index is 0. The zero-order valence-corrected chi connectivity index (χ0v) is 10.6. The van der Waals surface area contributed by atoms with Crippen LogP contribution >= 0.6 is 39.7 Å². The average Bonchev–Trinajstić information content (AvgIpc) is 2.48. The Kier molecular flexibility index (Phi) is 5.18. The first-order valence-electron chi connectivity index (χ1n) is 3.61. The number of hydrogen-bond donors (Lipinski definition) is 1. The molecule has 0 radical (unpaired) electrons. The zero-order chi connectivity index (χ0) is 11.9. The third-order valence-electron chi connectivity index (χ3n) is 1.67. The first-order valence-corrected chi connectivity index (χ1v) is 5.22. The number of thiophene rings is 1. The second-order valence-corrected chi connectivity index (χ2v) is 5.23. The van der Waals surface area contributed by atoms with Crippen LogP contribution in [0.4, 0.5) is 22.0 Å². The standard InChI is InChI=1S/C7H5BrF5NS.ClH/c8-4-2-1-3(15-4)5(14)6(9,10)7(11,12)13;/h1-2,5H,14H2;1H/t5-;/m0./s1. The van der Waals surface area contributed by atoms with Crippen LogP contribution in [-0.2, 0) is 0 Å². The van der Waals surface area contributed by atoms with Crippen LogP contribution in [0.15, 0.2) is 15.9 Å². The van der Waals surface area contributed by atoms with Crippen molar-refractivity contribution in [2.24, 2.45) is 5.73 Å². The molecule has 1 atom stereocenters. The zero-order valence-electron chi connectivity index (χ0n) is 7.39. The van der Waals surface area contributed by atoms with Crippen LogP contribution in [0.25, 0.3) is 0 Å². The number of hydrogen-bond acceptors (Lipinski definition) is 2. The number of alkyl halides is 5. The maximum absolute atomic E-state index is 12.8. The lowest BCUT2D eigenvalue weighted by molar-refractivity contribution is -0.290. The van der Waals surface area contributed by atoms with Gasteiger partial charge in [0.1, 0.15) is 6.04 Å². The van der Waals surface area contributed by atoms with Crippen molar-refractivity contribution in [3.05, 3.63) is 20.8 Å². The summed E-state index contributed by atoms with van der Waals surface area (Å²) in [4.78, 5) is -0.218. The Morgan fingerprint density at radius 3 is 2.00 bits per heavy atom. The molecule has 16 heavy (non-hydrogen) atoms. The Morgan fingerprint density at radius 1 is 1.19 bits per heavy atom. The molecule has 0 saturated heterocycles. The largest absolute Gasteiger partial charge is 0.455 e. The summed E-state index contributed by atoms with van der Waals surface area (Å²) in [6.45, 7) is 0. The molecule has 0 unspecified atom stereocenters. The molecular formula is C7H6BrClF5NS. The summed E-state index contributed by atoms with van der Waals surface area (Å²) >= 11 is 3.70. The molecule has 9 heteroatoms. The Labute approximate surface area is 106 Å². The minimum Gasteiger partial charge on any atom is -0.318 e. The van der Waals surface area contributed by atoms with Crippen LogP contribution in [0.2, 0.25) is 0 Å². The number of halogens is 7. The molecule has 0 saturated carbocycles. The van der Waals surface area contributed by atoms with Gasteiger partial charge in [-0.2, -0.15) is 22.0 Å².